The summed E-state index contributed by atoms with van der Waals surface area (Å²) in [7, 11) is 0. The number of nitrogen functional groups attached to an aromatic ring is 1. The molecule has 0 aliphatic rings. The monoisotopic (exact) mass is 249 g/mol. The Bertz CT molecular complexity index is 362. The number of carbonyl (C=O) groups excluding carboxylic acids is 1. The van der Waals surface area contributed by atoms with Gasteiger partial charge in [0.15, 0.2) is 0 Å². The summed E-state index contributed by atoms with van der Waals surface area (Å²) >= 11 is 0. The van der Waals surface area contributed by atoms with Crippen molar-refractivity contribution in [3.8, 4) is 0 Å². The van der Waals surface area contributed by atoms with Gasteiger partial charge in [0.25, 0.3) is 0 Å². The molecule has 0 aromatic heterocycles. The van der Waals surface area contributed by atoms with Gasteiger partial charge in [-0.1, -0.05) is 13.8 Å². The van der Waals surface area contributed by atoms with Gasteiger partial charge < -0.3 is 16.0 Å². The van der Waals surface area contributed by atoms with Gasteiger partial charge in [0.05, 0.1) is 6.54 Å². The van der Waals surface area contributed by atoms with Crippen LogP contribution in [0.25, 0.3) is 0 Å². The zero-order valence-electron chi connectivity index (χ0n) is 11.3. The third kappa shape index (κ3) is 4.65. The smallest absolute Gasteiger partial charge is 0.239 e. The Balaban J connectivity index is 2.64. The van der Waals surface area contributed by atoms with Crippen LogP contribution in [0.3, 0.4) is 0 Å². The van der Waals surface area contributed by atoms with Crippen molar-refractivity contribution in [2.45, 2.75) is 26.7 Å². The minimum atomic E-state index is 0.0714. The molecular formula is C14H23N3O. The topological polar surface area (TPSA) is 58.4 Å². The number of benzene rings is 1. The van der Waals surface area contributed by atoms with Gasteiger partial charge in [-0.25, -0.2) is 0 Å². The SMILES string of the molecule is CCCNC(=O)CN(CCC)c1ccc(N)cc1. The maximum absolute atomic E-state index is 11.7. The number of amides is 1. The van der Waals surface area contributed by atoms with Crippen LogP contribution in [0.2, 0.25) is 0 Å². The lowest BCUT2D eigenvalue weighted by atomic mass is 10.2. The molecule has 1 rings (SSSR count). The zero-order chi connectivity index (χ0) is 13.4. The van der Waals surface area contributed by atoms with Gasteiger partial charge in [0.1, 0.15) is 0 Å². The van der Waals surface area contributed by atoms with E-state index in [1.165, 1.54) is 0 Å². The second kappa shape index (κ2) is 7.58. The highest BCUT2D eigenvalue weighted by Gasteiger charge is 2.10. The fourth-order valence-electron chi connectivity index (χ4n) is 1.75. The number of carbonyl (C=O) groups is 1. The van der Waals surface area contributed by atoms with E-state index in [4.69, 9.17) is 5.73 Å². The first kappa shape index (κ1) is 14.4. The van der Waals surface area contributed by atoms with Crippen LogP contribution >= 0.6 is 0 Å². The van der Waals surface area contributed by atoms with Crippen LogP contribution in [-0.2, 0) is 4.79 Å². The lowest BCUT2D eigenvalue weighted by molar-refractivity contribution is -0.119. The minimum Gasteiger partial charge on any atom is -0.399 e. The zero-order valence-corrected chi connectivity index (χ0v) is 11.3. The largest absolute Gasteiger partial charge is 0.399 e. The number of anilines is 2. The van der Waals surface area contributed by atoms with Crippen molar-refractivity contribution >= 4 is 17.3 Å². The maximum atomic E-state index is 11.7. The first-order chi connectivity index (χ1) is 8.67. The summed E-state index contributed by atoms with van der Waals surface area (Å²) < 4.78 is 0. The van der Waals surface area contributed by atoms with Crippen LogP contribution in [0.5, 0.6) is 0 Å². The Morgan fingerprint density at radius 3 is 2.44 bits per heavy atom. The lowest BCUT2D eigenvalue weighted by Crippen LogP contribution is -2.38. The fourth-order valence-corrected chi connectivity index (χ4v) is 1.75. The van der Waals surface area contributed by atoms with Crippen LogP contribution in [0.1, 0.15) is 26.7 Å². The Labute approximate surface area is 109 Å². The molecule has 18 heavy (non-hydrogen) atoms. The molecule has 0 heterocycles. The number of nitrogens with two attached hydrogens (primary N) is 1. The van der Waals surface area contributed by atoms with E-state index in [1.54, 1.807) is 0 Å². The van der Waals surface area contributed by atoms with E-state index >= 15 is 0 Å². The van der Waals surface area contributed by atoms with Crippen LogP contribution in [-0.4, -0.2) is 25.5 Å². The van der Waals surface area contributed by atoms with Crippen molar-refractivity contribution in [3.63, 3.8) is 0 Å². The Hall–Kier alpha value is -1.71. The van der Waals surface area contributed by atoms with Gasteiger partial charge in [-0.2, -0.15) is 0 Å². The summed E-state index contributed by atoms with van der Waals surface area (Å²) in [5.74, 6) is 0.0714. The van der Waals surface area contributed by atoms with E-state index in [9.17, 15) is 4.79 Å². The van der Waals surface area contributed by atoms with Crippen molar-refractivity contribution in [3.05, 3.63) is 24.3 Å². The van der Waals surface area contributed by atoms with Crippen LogP contribution in [0.4, 0.5) is 11.4 Å². The molecule has 0 atom stereocenters. The number of hydrogen-bond donors (Lipinski definition) is 2. The summed E-state index contributed by atoms with van der Waals surface area (Å²) in [6, 6.07) is 7.64. The normalized spacial score (nSPS) is 10.1. The van der Waals surface area contributed by atoms with Crippen molar-refractivity contribution < 1.29 is 4.79 Å². The van der Waals surface area contributed by atoms with Crippen LogP contribution in [0.15, 0.2) is 24.3 Å². The molecule has 100 valence electrons. The summed E-state index contributed by atoms with van der Waals surface area (Å²) in [6.07, 6.45) is 1.97. The first-order valence-corrected chi connectivity index (χ1v) is 6.54. The molecule has 4 heteroatoms. The molecule has 0 aliphatic carbocycles. The minimum absolute atomic E-state index is 0.0714. The van der Waals surface area contributed by atoms with Crippen molar-refractivity contribution in [2.24, 2.45) is 0 Å². The highest BCUT2D eigenvalue weighted by atomic mass is 16.2. The van der Waals surface area contributed by atoms with E-state index in [0.717, 1.165) is 37.3 Å². The van der Waals surface area contributed by atoms with Gasteiger partial charge in [-0.15, -0.1) is 0 Å². The molecule has 4 nitrogen and oxygen atoms in total. The second-order valence-corrected chi connectivity index (χ2v) is 4.36. The molecule has 0 aliphatic heterocycles. The molecule has 3 N–H and O–H groups in total. The molecule has 0 radical (unpaired) electrons. The Kier molecular flexibility index (Phi) is 6.05. The first-order valence-electron chi connectivity index (χ1n) is 6.54. The van der Waals surface area contributed by atoms with Crippen molar-refractivity contribution in [2.75, 3.05) is 30.3 Å². The lowest BCUT2D eigenvalue weighted by Gasteiger charge is -2.23. The molecule has 0 saturated heterocycles. The maximum Gasteiger partial charge on any atom is 0.239 e. The number of nitrogens with zero attached hydrogens (tertiary/aromatic N) is 1. The molecule has 1 amide bonds. The number of nitrogens with one attached hydrogen (secondary N) is 1. The van der Waals surface area contributed by atoms with Gasteiger partial charge in [-0.05, 0) is 37.1 Å². The van der Waals surface area contributed by atoms with Gasteiger partial charge >= 0.3 is 0 Å². The van der Waals surface area contributed by atoms with E-state index in [0.29, 0.717) is 6.54 Å². The third-order valence-corrected chi connectivity index (χ3v) is 2.66. The Morgan fingerprint density at radius 2 is 1.89 bits per heavy atom. The molecule has 0 fully saturated rings. The van der Waals surface area contributed by atoms with Crippen molar-refractivity contribution in [1.82, 2.24) is 5.32 Å². The van der Waals surface area contributed by atoms with Gasteiger partial charge in [0.2, 0.25) is 5.91 Å². The summed E-state index contributed by atoms with van der Waals surface area (Å²) in [4.78, 5) is 13.8. The molecule has 0 bridgehead atoms. The predicted octanol–water partition coefficient (Wildman–Crippen LogP) is 2.01. The molecule has 0 saturated carbocycles. The van der Waals surface area contributed by atoms with E-state index in [2.05, 4.69) is 17.1 Å². The Morgan fingerprint density at radius 1 is 1.22 bits per heavy atom. The summed E-state index contributed by atoms with van der Waals surface area (Å²) in [6.45, 7) is 6.15. The molecule has 0 unspecified atom stereocenters. The highest BCUT2D eigenvalue weighted by Crippen LogP contribution is 2.16. The second-order valence-electron chi connectivity index (χ2n) is 4.36. The average molecular weight is 249 g/mol. The van der Waals surface area contributed by atoms with Gasteiger partial charge in [-0.3, -0.25) is 4.79 Å². The quantitative estimate of drug-likeness (QED) is 0.727. The fraction of sp³-hybridized carbons (Fsp3) is 0.500. The molecule has 0 spiro atoms. The van der Waals surface area contributed by atoms with Crippen LogP contribution in [0, 0.1) is 0 Å². The summed E-state index contributed by atoms with van der Waals surface area (Å²) in [5, 5.41) is 2.90. The predicted molar refractivity (Wildman–Crippen MR) is 76.7 cm³/mol. The van der Waals surface area contributed by atoms with Crippen molar-refractivity contribution in [1.29, 1.82) is 0 Å². The summed E-state index contributed by atoms with van der Waals surface area (Å²) in [5.41, 5.74) is 7.45. The highest BCUT2D eigenvalue weighted by molar-refractivity contribution is 5.81. The van der Waals surface area contributed by atoms with E-state index in [1.807, 2.05) is 31.2 Å². The molecule has 1 aromatic carbocycles. The van der Waals surface area contributed by atoms with E-state index in [-0.39, 0.29) is 5.91 Å². The number of hydrogen-bond acceptors (Lipinski definition) is 3. The third-order valence-electron chi connectivity index (χ3n) is 2.66. The van der Waals surface area contributed by atoms with E-state index < -0.39 is 0 Å². The standard InChI is InChI=1S/C14H23N3O/c1-3-9-16-14(18)11-17(10-4-2)13-7-5-12(15)6-8-13/h5-8H,3-4,9-11,15H2,1-2H3,(H,16,18). The van der Waals surface area contributed by atoms with Crippen LogP contribution < -0.4 is 16.0 Å². The average Bonchev–Trinajstić information content (AvgIpc) is 2.37. The van der Waals surface area contributed by atoms with Gasteiger partial charge in [0, 0.05) is 24.5 Å². The number of rotatable bonds is 7. The molecular weight excluding hydrogens is 226 g/mol. The molecule has 1 aromatic rings.